The molecule has 32 heavy (non-hydrogen) atoms. The average molecular weight is 445 g/mol. The molecule has 0 bridgehead atoms. The van der Waals surface area contributed by atoms with Crippen molar-refractivity contribution in [3.8, 4) is 22.5 Å². The van der Waals surface area contributed by atoms with Gasteiger partial charge in [0.15, 0.2) is 5.82 Å². The number of carbonyl (C=O) groups is 1. The maximum absolute atomic E-state index is 11.2. The van der Waals surface area contributed by atoms with Gasteiger partial charge in [-0.1, -0.05) is 30.3 Å². The number of likely N-dealkylation sites (tertiary alicyclic amines) is 1. The Labute approximate surface area is 190 Å². The number of fused-ring (bicyclic) bond motifs is 1. The van der Waals surface area contributed by atoms with Gasteiger partial charge < -0.3 is 11.1 Å². The highest BCUT2D eigenvalue weighted by atomic mass is 32.1. The van der Waals surface area contributed by atoms with Crippen LogP contribution in [0.5, 0.6) is 0 Å². The molecule has 1 aliphatic heterocycles. The first-order valence-electron chi connectivity index (χ1n) is 10.7. The third kappa shape index (κ3) is 4.32. The first-order chi connectivity index (χ1) is 15.7. The smallest absolute Gasteiger partial charge is 0.231 e. The van der Waals surface area contributed by atoms with Gasteiger partial charge in [-0.15, -0.1) is 11.3 Å². The molecule has 4 heterocycles. The van der Waals surface area contributed by atoms with E-state index in [9.17, 15) is 4.79 Å². The number of anilines is 1. The van der Waals surface area contributed by atoms with E-state index in [1.165, 1.54) is 0 Å². The number of pyridine rings is 1. The molecule has 0 saturated carbocycles. The molecular formula is C24H24N6OS. The van der Waals surface area contributed by atoms with Crippen molar-refractivity contribution in [3.05, 3.63) is 60.2 Å². The van der Waals surface area contributed by atoms with Crippen LogP contribution in [-0.2, 0) is 4.79 Å². The van der Waals surface area contributed by atoms with E-state index in [0.29, 0.717) is 12.4 Å². The molecular weight excluding hydrogens is 420 g/mol. The number of benzene rings is 1. The van der Waals surface area contributed by atoms with E-state index in [-0.39, 0.29) is 11.9 Å². The minimum absolute atomic E-state index is 0.266. The van der Waals surface area contributed by atoms with E-state index < -0.39 is 0 Å². The number of thiophene rings is 1. The van der Waals surface area contributed by atoms with Crippen LogP contribution in [0.3, 0.4) is 0 Å². The van der Waals surface area contributed by atoms with Crippen molar-refractivity contribution in [1.29, 1.82) is 0 Å². The lowest BCUT2D eigenvalue weighted by molar-refractivity contribution is -0.119. The van der Waals surface area contributed by atoms with Crippen molar-refractivity contribution < 1.29 is 4.79 Å². The molecule has 0 unspecified atom stereocenters. The molecule has 3 N–H and O–H groups in total. The number of rotatable bonds is 6. The van der Waals surface area contributed by atoms with Crippen molar-refractivity contribution in [2.24, 2.45) is 5.73 Å². The summed E-state index contributed by atoms with van der Waals surface area (Å²) in [7, 11) is 0. The van der Waals surface area contributed by atoms with Crippen LogP contribution in [-0.4, -0.2) is 51.4 Å². The third-order valence-corrected chi connectivity index (χ3v) is 6.62. The minimum Gasteiger partial charge on any atom is -0.369 e. The van der Waals surface area contributed by atoms with Gasteiger partial charge >= 0.3 is 0 Å². The Kier molecular flexibility index (Phi) is 5.79. The largest absolute Gasteiger partial charge is 0.369 e. The molecule has 8 heteroatoms. The van der Waals surface area contributed by atoms with Crippen LogP contribution in [0.4, 0.5) is 5.82 Å². The predicted molar refractivity (Wildman–Crippen MR) is 128 cm³/mol. The number of nitrogens with two attached hydrogens (primary N) is 1. The summed E-state index contributed by atoms with van der Waals surface area (Å²) in [5.41, 5.74) is 8.54. The summed E-state index contributed by atoms with van der Waals surface area (Å²) < 4.78 is 0. The molecule has 1 amide bonds. The van der Waals surface area contributed by atoms with Crippen molar-refractivity contribution in [2.45, 2.75) is 18.9 Å². The summed E-state index contributed by atoms with van der Waals surface area (Å²) >= 11 is 1.63. The fraction of sp³-hybridized carbons (Fsp3) is 0.250. The lowest BCUT2D eigenvalue weighted by Gasteiger charge is -2.32. The van der Waals surface area contributed by atoms with Gasteiger partial charge in [0.2, 0.25) is 5.91 Å². The molecule has 0 atom stereocenters. The Morgan fingerprint density at radius 1 is 1.09 bits per heavy atom. The molecule has 3 aromatic heterocycles. The van der Waals surface area contributed by atoms with Crippen LogP contribution in [0.25, 0.3) is 32.7 Å². The van der Waals surface area contributed by atoms with E-state index in [2.05, 4.69) is 32.7 Å². The molecule has 1 fully saturated rings. The Morgan fingerprint density at radius 2 is 1.88 bits per heavy atom. The van der Waals surface area contributed by atoms with E-state index >= 15 is 0 Å². The summed E-state index contributed by atoms with van der Waals surface area (Å²) in [4.78, 5) is 28.3. The fourth-order valence-electron chi connectivity index (χ4n) is 4.15. The lowest BCUT2D eigenvalue weighted by atomic mass is 10.0. The standard InChI is InChI=1S/C24H24N6OS/c25-20(31)14-30-11-8-18(9-12-30)27-23-21-19(16-5-2-1-3-6-16)15-32-24(21)29-22(28-23)17-7-4-10-26-13-17/h1-7,10,13,15,18H,8-9,11-12,14H2,(H2,25,31)(H,27,28,29). The highest BCUT2D eigenvalue weighted by molar-refractivity contribution is 7.17. The van der Waals surface area contributed by atoms with Crippen molar-refractivity contribution >= 4 is 33.3 Å². The Hall–Kier alpha value is -3.36. The zero-order valence-electron chi connectivity index (χ0n) is 17.6. The highest BCUT2D eigenvalue weighted by Crippen LogP contribution is 2.38. The average Bonchev–Trinajstić information content (AvgIpc) is 3.26. The lowest BCUT2D eigenvalue weighted by Crippen LogP contribution is -2.43. The van der Waals surface area contributed by atoms with Crippen LogP contribution >= 0.6 is 11.3 Å². The number of hydrogen-bond acceptors (Lipinski definition) is 7. The maximum Gasteiger partial charge on any atom is 0.231 e. The SMILES string of the molecule is NC(=O)CN1CCC(Nc2nc(-c3cccnc3)nc3scc(-c4ccccc4)c23)CC1. The second-order valence-corrected chi connectivity index (χ2v) is 8.85. The van der Waals surface area contributed by atoms with Crippen molar-refractivity contribution in [1.82, 2.24) is 19.9 Å². The van der Waals surface area contributed by atoms with Gasteiger partial charge in [-0.05, 0) is 30.5 Å². The van der Waals surface area contributed by atoms with E-state index in [0.717, 1.165) is 58.7 Å². The molecule has 162 valence electrons. The third-order valence-electron chi connectivity index (χ3n) is 5.75. The fourth-order valence-corrected chi connectivity index (χ4v) is 5.10. The molecule has 4 aromatic rings. The van der Waals surface area contributed by atoms with Crippen LogP contribution < -0.4 is 11.1 Å². The molecule has 1 aromatic carbocycles. The van der Waals surface area contributed by atoms with Gasteiger partial charge in [-0.3, -0.25) is 14.7 Å². The summed E-state index contributed by atoms with van der Waals surface area (Å²) in [6, 6.07) is 14.5. The molecule has 1 saturated heterocycles. The van der Waals surface area contributed by atoms with E-state index in [4.69, 9.17) is 15.7 Å². The maximum atomic E-state index is 11.2. The Morgan fingerprint density at radius 3 is 2.59 bits per heavy atom. The number of aromatic nitrogens is 3. The molecule has 0 spiro atoms. The van der Waals surface area contributed by atoms with Gasteiger partial charge in [0.1, 0.15) is 10.6 Å². The number of hydrogen-bond donors (Lipinski definition) is 2. The summed E-state index contributed by atoms with van der Waals surface area (Å²) in [6.07, 6.45) is 5.39. The number of carbonyl (C=O) groups excluding carboxylic acids is 1. The first-order valence-corrected chi connectivity index (χ1v) is 11.6. The summed E-state index contributed by atoms with van der Waals surface area (Å²) in [6.45, 7) is 1.98. The second-order valence-electron chi connectivity index (χ2n) is 7.99. The summed E-state index contributed by atoms with van der Waals surface area (Å²) in [5.74, 6) is 1.24. The number of nitrogens with zero attached hydrogens (tertiary/aromatic N) is 4. The molecule has 0 aliphatic carbocycles. The Bertz CT molecular complexity index is 1220. The second kappa shape index (κ2) is 9.02. The van der Waals surface area contributed by atoms with E-state index in [1.807, 2.05) is 30.3 Å². The van der Waals surface area contributed by atoms with Crippen molar-refractivity contribution in [2.75, 3.05) is 25.0 Å². The normalized spacial score (nSPS) is 15.1. The topological polar surface area (TPSA) is 97.0 Å². The zero-order chi connectivity index (χ0) is 21.9. The van der Waals surface area contributed by atoms with Crippen LogP contribution in [0.2, 0.25) is 0 Å². The summed E-state index contributed by atoms with van der Waals surface area (Å²) in [5, 5.41) is 6.90. The first kappa shape index (κ1) is 20.5. The number of nitrogens with one attached hydrogen (secondary N) is 1. The quantitative estimate of drug-likeness (QED) is 0.470. The van der Waals surface area contributed by atoms with Gasteiger partial charge in [0, 0.05) is 48.0 Å². The van der Waals surface area contributed by atoms with Crippen LogP contribution in [0.1, 0.15) is 12.8 Å². The van der Waals surface area contributed by atoms with Crippen LogP contribution in [0, 0.1) is 0 Å². The van der Waals surface area contributed by atoms with Gasteiger partial charge in [0.25, 0.3) is 0 Å². The molecule has 5 rings (SSSR count). The highest BCUT2D eigenvalue weighted by Gasteiger charge is 2.23. The number of primary amides is 1. The minimum atomic E-state index is -0.277. The van der Waals surface area contributed by atoms with Crippen LogP contribution in [0.15, 0.2) is 60.2 Å². The van der Waals surface area contributed by atoms with Crippen molar-refractivity contribution in [3.63, 3.8) is 0 Å². The number of amides is 1. The van der Waals surface area contributed by atoms with Gasteiger partial charge in [0.05, 0.1) is 11.9 Å². The zero-order valence-corrected chi connectivity index (χ0v) is 18.4. The van der Waals surface area contributed by atoms with Gasteiger partial charge in [-0.2, -0.15) is 0 Å². The molecule has 0 radical (unpaired) electrons. The van der Waals surface area contributed by atoms with E-state index in [1.54, 1.807) is 23.7 Å². The van der Waals surface area contributed by atoms with Gasteiger partial charge in [-0.25, -0.2) is 9.97 Å². The number of piperidine rings is 1. The Balaban J connectivity index is 1.51. The predicted octanol–water partition coefficient (Wildman–Crippen LogP) is 3.78. The molecule has 7 nitrogen and oxygen atoms in total. The molecule has 1 aliphatic rings. The monoisotopic (exact) mass is 444 g/mol.